The van der Waals surface area contributed by atoms with Crippen molar-refractivity contribution >= 4 is 33.3 Å². The van der Waals surface area contributed by atoms with Gasteiger partial charge in [0, 0.05) is 50.6 Å². The Bertz CT molecular complexity index is 1210. The van der Waals surface area contributed by atoms with Crippen LogP contribution in [0.1, 0.15) is 17.7 Å². The van der Waals surface area contributed by atoms with Gasteiger partial charge in [-0.25, -0.2) is 23.0 Å². The van der Waals surface area contributed by atoms with E-state index in [0.717, 1.165) is 32.5 Å². The third kappa shape index (κ3) is 9.04. The number of carbonyl (C=O) groups is 2. The van der Waals surface area contributed by atoms with Crippen LogP contribution in [0.25, 0.3) is 0 Å². The fourth-order valence-corrected chi connectivity index (χ4v) is 5.60. The Balaban J connectivity index is 0.000000317. The number of sulfonamides is 1. The van der Waals surface area contributed by atoms with Crippen LogP contribution in [-0.2, 0) is 26.2 Å². The van der Waals surface area contributed by atoms with Crippen molar-refractivity contribution in [2.75, 3.05) is 26.7 Å². The molecule has 0 aromatic carbocycles. The number of carboxylic acid groups (broad SMARTS) is 2. The number of thiophene rings is 1. The number of carboxylic acids is 2. The van der Waals surface area contributed by atoms with E-state index in [-0.39, 0.29) is 10.8 Å². The Hall–Kier alpha value is -2.96. The second-order valence-corrected chi connectivity index (χ2v) is 11.4. The zero-order valence-corrected chi connectivity index (χ0v) is 21.7. The number of likely N-dealkylation sites (tertiary alicyclic amines) is 1. The molecular formula is C21H23F6N3O7S2. The van der Waals surface area contributed by atoms with E-state index < -0.39 is 39.9 Å². The minimum atomic E-state index is -5.08. The molecule has 0 aliphatic carbocycles. The number of hydrogen-bond donors (Lipinski definition) is 2. The van der Waals surface area contributed by atoms with Crippen molar-refractivity contribution in [2.45, 2.75) is 42.2 Å². The summed E-state index contributed by atoms with van der Waals surface area (Å²) in [4.78, 5) is 25.9. The van der Waals surface area contributed by atoms with E-state index in [1.54, 1.807) is 36.7 Å². The van der Waals surface area contributed by atoms with Crippen molar-refractivity contribution in [3.63, 3.8) is 0 Å². The number of pyridine rings is 1. The maximum absolute atomic E-state index is 12.7. The molecule has 1 fully saturated rings. The lowest BCUT2D eigenvalue weighted by molar-refractivity contribution is -0.193. The zero-order chi connectivity index (χ0) is 29.6. The highest BCUT2D eigenvalue weighted by Crippen LogP contribution is 2.37. The quantitative estimate of drug-likeness (QED) is 0.492. The molecule has 218 valence electrons. The molecule has 0 unspecified atom stereocenters. The third-order valence-corrected chi connectivity index (χ3v) is 8.14. The lowest BCUT2D eigenvalue weighted by Gasteiger charge is -2.41. The van der Waals surface area contributed by atoms with Crippen molar-refractivity contribution in [2.24, 2.45) is 0 Å². The molecule has 39 heavy (non-hydrogen) atoms. The van der Waals surface area contributed by atoms with Crippen LogP contribution in [0.2, 0.25) is 0 Å². The summed E-state index contributed by atoms with van der Waals surface area (Å²) in [7, 11) is -1.93. The SMILES string of the molecule is CN1CC2(CCN(Cc3cccs3)CC2)Oc2ncccc2S1(=O)=O.O=C(O)C(F)(F)F.O=C(O)C(F)(F)F. The fraction of sp³-hybridized carbons (Fsp3) is 0.476. The zero-order valence-electron chi connectivity index (χ0n) is 20.1. The molecule has 0 saturated carbocycles. The van der Waals surface area contributed by atoms with Crippen molar-refractivity contribution in [3.8, 4) is 5.88 Å². The second-order valence-electron chi connectivity index (χ2n) is 8.31. The van der Waals surface area contributed by atoms with Gasteiger partial charge in [-0.15, -0.1) is 11.3 Å². The smallest absolute Gasteiger partial charge is 0.475 e. The van der Waals surface area contributed by atoms with Crippen LogP contribution in [0.5, 0.6) is 5.88 Å². The van der Waals surface area contributed by atoms with Gasteiger partial charge in [0.25, 0.3) is 0 Å². The molecule has 0 amide bonds. The molecule has 2 aromatic rings. The van der Waals surface area contributed by atoms with Crippen LogP contribution >= 0.6 is 11.3 Å². The Morgan fingerprint density at radius 3 is 2.05 bits per heavy atom. The first kappa shape index (κ1) is 32.3. The number of hydrogen-bond acceptors (Lipinski definition) is 8. The molecule has 0 radical (unpaired) electrons. The van der Waals surface area contributed by atoms with Gasteiger partial charge in [-0.05, 0) is 23.6 Å². The van der Waals surface area contributed by atoms with Crippen LogP contribution < -0.4 is 4.74 Å². The van der Waals surface area contributed by atoms with Gasteiger partial charge < -0.3 is 14.9 Å². The average Bonchev–Trinajstić information content (AvgIpc) is 3.31. The number of halogens is 6. The maximum Gasteiger partial charge on any atom is 0.490 e. The molecule has 18 heteroatoms. The van der Waals surface area contributed by atoms with E-state index in [0.29, 0.717) is 6.54 Å². The van der Waals surface area contributed by atoms with Crippen molar-refractivity contribution in [1.82, 2.24) is 14.2 Å². The lowest BCUT2D eigenvalue weighted by Crippen LogP contribution is -2.53. The first-order valence-corrected chi connectivity index (χ1v) is 13.1. The van der Waals surface area contributed by atoms with Crippen molar-refractivity contribution < 1.29 is 59.3 Å². The van der Waals surface area contributed by atoms with E-state index >= 15 is 0 Å². The molecular weight excluding hydrogens is 584 g/mol. The predicted molar refractivity (Wildman–Crippen MR) is 124 cm³/mol. The van der Waals surface area contributed by atoms with E-state index in [1.807, 2.05) is 0 Å². The number of ether oxygens (including phenoxy) is 1. The van der Waals surface area contributed by atoms with Gasteiger partial charge in [-0.1, -0.05) is 6.07 Å². The summed E-state index contributed by atoms with van der Waals surface area (Å²) in [5.41, 5.74) is -0.507. The monoisotopic (exact) mass is 607 g/mol. The van der Waals surface area contributed by atoms with Gasteiger partial charge >= 0.3 is 24.3 Å². The molecule has 2 aromatic heterocycles. The van der Waals surface area contributed by atoms with Gasteiger partial charge in [0.15, 0.2) is 0 Å². The molecule has 4 heterocycles. The Morgan fingerprint density at radius 1 is 1.05 bits per heavy atom. The summed E-state index contributed by atoms with van der Waals surface area (Å²) in [6.07, 6.45) is -7.01. The first-order chi connectivity index (χ1) is 17.9. The van der Waals surface area contributed by atoms with Crippen LogP contribution in [0, 0.1) is 0 Å². The topological polar surface area (TPSA) is 137 Å². The third-order valence-electron chi connectivity index (χ3n) is 5.46. The standard InChI is InChI=1S/C17H21N3O3S2.2C2HF3O2/c1-19-13-17(23-16-15(25(19,21)22)5-2-8-18-16)6-9-20(10-7-17)12-14-4-3-11-24-14;2*3-2(4,5)1(6)7/h2-5,8,11H,6-7,9-10,12-13H2,1H3;2*(H,6,7). The Kier molecular flexibility index (Phi) is 10.3. The molecule has 4 rings (SSSR count). The summed E-state index contributed by atoms with van der Waals surface area (Å²) < 4.78 is 96.5. The highest BCUT2D eigenvalue weighted by atomic mass is 32.2. The summed E-state index contributed by atoms with van der Waals surface area (Å²) >= 11 is 1.77. The molecule has 2 aliphatic heterocycles. The average molecular weight is 608 g/mol. The number of aliphatic carboxylic acids is 2. The minimum absolute atomic E-state index is 0.162. The molecule has 1 saturated heterocycles. The highest BCUT2D eigenvalue weighted by Gasteiger charge is 2.45. The number of piperidine rings is 1. The van der Waals surface area contributed by atoms with Gasteiger partial charge in [-0.2, -0.15) is 30.6 Å². The number of aromatic nitrogens is 1. The molecule has 2 aliphatic rings. The highest BCUT2D eigenvalue weighted by molar-refractivity contribution is 7.89. The summed E-state index contributed by atoms with van der Waals surface area (Å²) in [5, 5.41) is 16.3. The summed E-state index contributed by atoms with van der Waals surface area (Å²) in [6, 6.07) is 7.42. The Labute approximate surface area is 222 Å². The van der Waals surface area contributed by atoms with Gasteiger partial charge in [0.1, 0.15) is 10.5 Å². The maximum atomic E-state index is 12.7. The Morgan fingerprint density at radius 2 is 1.59 bits per heavy atom. The molecule has 0 atom stereocenters. The molecule has 0 bridgehead atoms. The number of rotatable bonds is 2. The number of fused-ring (bicyclic) bond motifs is 1. The van der Waals surface area contributed by atoms with Crippen LogP contribution in [-0.4, -0.2) is 89.4 Å². The van der Waals surface area contributed by atoms with Crippen LogP contribution in [0.15, 0.2) is 40.7 Å². The van der Waals surface area contributed by atoms with E-state index in [2.05, 4.69) is 27.4 Å². The second kappa shape index (κ2) is 12.5. The fourth-order valence-electron chi connectivity index (χ4n) is 3.55. The molecule has 1 spiro atoms. The molecule has 10 nitrogen and oxygen atoms in total. The number of likely N-dealkylation sites (N-methyl/N-ethyl adjacent to an activating group) is 1. The van der Waals surface area contributed by atoms with E-state index in [9.17, 15) is 34.8 Å². The van der Waals surface area contributed by atoms with Gasteiger partial charge in [0.2, 0.25) is 15.9 Å². The van der Waals surface area contributed by atoms with E-state index in [1.165, 1.54) is 9.18 Å². The lowest BCUT2D eigenvalue weighted by atomic mass is 9.90. The normalized spacial score (nSPS) is 18.7. The first-order valence-electron chi connectivity index (χ1n) is 10.8. The van der Waals surface area contributed by atoms with E-state index in [4.69, 9.17) is 24.5 Å². The molecule has 2 N–H and O–H groups in total. The number of nitrogens with zero attached hydrogens (tertiary/aromatic N) is 3. The predicted octanol–water partition coefficient (Wildman–Crippen LogP) is 3.46. The van der Waals surface area contributed by atoms with Crippen LogP contribution in [0.4, 0.5) is 26.3 Å². The van der Waals surface area contributed by atoms with Crippen LogP contribution in [0.3, 0.4) is 0 Å². The van der Waals surface area contributed by atoms with Crippen molar-refractivity contribution in [1.29, 1.82) is 0 Å². The summed E-state index contributed by atoms with van der Waals surface area (Å²) in [5.74, 6) is -5.28. The number of alkyl halides is 6. The largest absolute Gasteiger partial charge is 0.490 e. The van der Waals surface area contributed by atoms with Gasteiger partial charge in [-0.3, -0.25) is 4.90 Å². The minimum Gasteiger partial charge on any atom is -0.475 e. The summed E-state index contributed by atoms with van der Waals surface area (Å²) in [6.45, 7) is 3.07. The van der Waals surface area contributed by atoms with Gasteiger partial charge in [0.05, 0.1) is 6.54 Å². The van der Waals surface area contributed by atoms with Crippen molar-refractivity contribution in [3.05, 3.63) is 40.7 Å².